The molecule has 6 nitrogen and oxygen atoms in total. The summed E-state index contributed by atoms with van der Waals surface area (Å²) in [5.41, 5.74) is 2.10. The van der Waals surface area contributed by atoms with Crippen molar-refractivity contribution in [2.45, 2.75) is 0 Å². The molecule has 2 fully saturated rings. The monoisotopic (exact) mass is 304 g/mol. The maximum absolute atomic E-state index is 4.69. The van der Waals surface area contributed by atoms with Gasteiger partial charge in [-0.05, 0) is 24.3 Å². The summed E-state index contributed by atoms with van der Waals surface area (Å²) in [7, 11) is 0. The van der Waals surface area contributed by atoms with Gasteiger partial charge in [0.25, 0.3) is 0 Å². The summed E-state index contributed by atoms with van der Waals surface area (Å²) in [4.78, 5) is 18.3. The zero-order valence-electron chi connectivity index (χ0n) is 12.6. The highest BCUT2D eigenvalue weighted by atomic mass is 15.4. The van der Waals surface area contributed by atoms with Crippen LogP contribution in [0, 0.1) is 0 Å². The van der Waals surface area contributed by atoms with Gasteiger partial charge in [-0.2, -0.15) is 15.0 Å². The van der Waals surface area contributed by atoms with Crippen molar-refractivity contribution in [1.82, 2.24) is 19.5 Å². The average molecular weight is 304 g/mol. The van der Waals surface area contributed by atoms with Crippen LogP contribution in [-0.2, 0) is 0 Å². The Labute approximate surface area is 134 Å². The predicted molar refractivity (Wildman–Crippen MR) is 89.0 cm³/mol. The van der Waals surface area contributed by atoms with Crippen molar-refractivity contribution < 1.29 is 0 Å². The maximum Gasteiger partial charge on any atom is 0.230 e. The minimum absolute atomic E-state index is 0.734. The quantitative estimate of drug-likeness (QED) is 0.690. The minimum Gasteiger partial charge on any atom is -0.337 e. The van der Waals surface area contributed by atoms with Crippen LogP contribution in [0.5, 0.6) is 0 Å². The van der Waals surface area contributed by atoms with E-state index in [4.69, 9.17) is 9.97 Å². The lowest BCUT2D eigenvalue weighted by molar-refractivity contribution is 0.980. The molecule has 23 heavy (non-hydrogen) atoms. The Kier molecular flexibility index (Phi) is 2.64. The van der Waals surface area contributed by atoms with Crippen LogP contribution in [0.4, 0.5) is 11.9 Å². The van der Waals surface area contributed by atoms with Gasteiger partial charge < -0.3 is 14.4 Å². The second-order valence-corrected chi connectivity index (χ2v) is 5.83. The number of hydrogen-bond donors (Lipinski definition) is 0. The lowest BCUT2D eigenvalue weighted by atomic mass is 10.3. The van der Waals surface area contributed by atoms with Crippen LogP contribution in [0.1, 0.15) is 0 Å². The predicted octanol–water partition coefficient (Wildman–Crippen LogP) is 1.97. The molecule has 2 saturated heterocycles. The van der Waals surface area contributed by atoms with Crippen molar-refractivity contribution in [3.63, 3.8) is 0 Å². The lowest BCUT2D eigenvalue weighted by Gasteiger charge is -2.11. The number of hydrogen-bond acceptors (Lipinski definition) is 5. The van der Waals surface area contributed by atoms with Crippen LogP contribution in [0.3, 0.4) is 0 Å². The Balaban J connectivity index is 1.63. The van der Waals surface area contributed by atoms with Crippen LogP contribution in [-0.4, -0.2) is 45.7 Å². The Morgan fingerprint density at radius 3 is 1.96 bits per heavy atom. The highest BCUT2D eigenvalue weighted by Crippen LogP contribution is 2.27. The molecular weight excluding hydrogens is 288 g/mol. The average Bonchev–Trinajstić information content (AvgIpc) is 3.52. The van der Waals surface area contributed by atoms with Gasteiger partial charge in [0, 0.05) is 38.1 Å². The van der Waals surface area contributed by atoms with E-state index in [1.807, 2.05) is 30.5 Å². The largest absolute Gasteiger partial charge is 0.337 e. The van der Waals surface area contributed by atoms with Gasteiger partial charge in [-0.15, -0.1) is 0 Å². The maximum atomic E-state index is 4.69. The van der Waals surface area contributed by atoms with E-state index in [1.165, 1.54) is 0 Å². The SMILES string of the molecule is c1ccc(-n2cccc2-c2nc(N3CC3)nc(N3CC3)n2)cc1. The third-order valence-corrected chi connectivity index (χ3v) is 4.08. The summed E-state index contributed by atoms with van der Waals surface area (Å²) in [5, 5.41) is 0. The summed E-state index contributed by atoms with van der Waals surface area (Å²) < 4.78 is 2.12. The first kappa shape index (κ1) is 12.6. The molecule has 2 aliphatic rings. The molecule has 6 heteroatoms. The molecule has 0 aliphatic carbocycles. The smallest absolute Gasteiger partial charge is 0.230 e. The fourth-order valence-corrected chi connectivity index (χ4v) is 2.63. The van der Waals surface area contributed by atoms with Gasteiger partial charge in [-0.3, -0.25) is 0 Å². The van der Waals surface area contributed by atoms with Gasteiger partial charge in [-0.1, -0.05) is 18.2 Å². The number of aromatic nitrogens is 4. The van der Waals surface area contributed by atoms with E-state index < -0.39 is 0 Å². The summed E-state index contributed by atoms with van der Waals surface area (Å²) >= 11 is 0. The summed E-state index contributed by atoms with van der Waals surface area (Å²) in [6, 6.07) is 14.3. The van der Waals surface area contributed by atoms with E-state index in [-0.39, 0.29) is 0 Å². The van der Waals surface area contributed by atoms with E-state index in [2.05, 4.69) is 37.5 Å². The van der Waals surface area contributed by atoms with Crippen molar-refractivity contribution in [2.24, 2.45) is 0 Å². The van der Waals surface area contributed by atoms with Gasteiger partial charge in [0.1, 0.15) is 0 Å². The molecule has 2 aliphatic heterocycles. The molecule has 3 aromatic rings. The van der Waals surface area contributed by atoms with E-state index in [1.54, 1.807) is 0 Å². The molecule has 0 spiro atoms. The van der Waals surface area contributed by atoms with E-state index in [0.29, 0.717) is 0 Å². The third-order valence-electron chi connectivity index (χ3n) is 4.08. The number of anilines is 2. The van der Waals surface area contributed by atoms with Gasteiger partial charge >= 0.3 is 0 Å². The van der Waals surface area contributed by atoms with Crippen LogP contribution < -0.4 is 9.80 Å². The third kappa shape index (κ3) is 2.32. The fourth-order valence-electron chi connectivity index (χ4n) is 2.63. The van der Waals surface area contributed by atoms with E-state index in [9.17, 15) is 0 Å². The van der Waals surface area contributed by atoms with Crippen molar-refractivity contribution in [2.75, 3.05) is 36.0 Å². The van der Waals surface area contributed by atoms with Crippen LogP contribution in [0.2, 0.25) is 0 Å². The Bertz CT molecular complexity index is 818. The normalized spacial score (nSPS) is 15.8. The second kappa shape index (κ2) is 4.81. The van der Waals surface area contributed by atoms with Crippen LogP contribution in [0.25, 0.3) is 17.2 Å². The number of para-hydroxylation sites is 1. The molecule has 0 bridgehead atoms. The Morgan fingerprint density at radius 2 is 1.35 bits per heavy atom. The zero-order chi connectivity index (χ0) is 15.2. The molecule has 1 aromatic carbocycles. The van der Waals surface area contributed by atoms with E-state index >= 15 is 0 Å². The van der Waals surface area contributed by atoms with Gasteiger partial charge in [-0.25, -0.2) is 0 Å². The van der Waals surface area contributed by atoms with Gasteiger partial charge in [0.2, 0.25) is 11.9 Å². The molecule has 2 aromatic heterocycles. The first-order valence-corrected chi connectivity index (χ1v) is 7.88. The van der Waals surface area contributed by atoms with Crippen LogP contribution >= 0.6 is 0 Å². The molecule has 4 heterocycles. The van der Waals surface area contributed by atoms with E-state index in [0.717, 1.165) is 55.3 Å². The molecule has 0 radical (unpaired) electrons. The highest BCUT2D eigenvalue weighted by Gasteiger charge is 2.28. The molecule has 114 valence electrons. The molecule has 0 N–H and O–H groups in total. The van der Waals surface area contributed by atoms with Crippen molar-refractivity contribution >= 4 is 11.9 Å². The molecular formula is C17H16N6. The molecule has 0 saturated carbocycles. The van der Waals surface area contributed by atoms with Crippen molar-refractivity contribution in [1.29, 1.82) is 0 Å². The molecule has 0 atom stereocenters. The number of nitrogens with zero attached hydrogens (tertiary/aromatic N) is 6. The minimum atomic E-state index is 0.734. The lowest BCUT2D eigenvalue weighted by Crippen LogP contribution is -2.08. The number of benzene rings is 1. The topological polar surface area (TPSA) is 49.6 Å². The first-order chi connectivity index (χ1) is 11.4. The molecule has 5 rings (SSSR count). The second-order valence-electron chi connectivity index (χ2n) is 5.83. The summed E-state index contributed by atoms with van der Waals surface area (Å²) in [6.45, 7) is 4.12. The Morgan fingerprint density at radius 1 is 0.696 bits per heavy atom. The number of rotatable bonds is 4. The van der Waals surface area contributed by atoms with Gasteiger partial charge in [0.05, 0.1) is 5.69 Å². The molecule has 0 amide bonds. The standard InChI is InChI=1S/C17H16N6/c1-2-5-13(6-3-1)23-8-4-7-14(23)15-18-16(21-9-10-21)20-17(19-15)22-11-12-22/h1-8H,9-12H2. The molecule has 0 unspecified atom stereocenters. The summed E-state index contributed by atoms with van der Waals surface area (Å²) in [6.07, 6.45) is 2.04. The van der Waals surface area contributed by atoms with Crippen molar-refractivity contribution in [3.8, 4) is 17.2 Å². The van der Waals surface area contributed by atoms with Crippen LogP contribution in [0.15, 0.2) is 48.7 Å². The summed E-state index contributed by atoms with van der Waals surface area (Å²) in [5.74, 6) is 2.31. The fraction of sp³-hybridized carbons (Fsp3) is 0.235. The first-order valence-electron chi connectivity index (χ1n) is 7.88. The van der Waals surface area contributed by atoms with Gasteiger partial charge in [0.15, 0.2) is 5.82 Å². The van der Waals surface area contributed by atoms with Crippen molar-refractivity contribution in [3.05, 3.63) is 48.7 Å². The highest BCUT2D eigenvalue weighted by molar-refractivity contribution is 5.60. The Hall–Kier alpha value is -2.89. The zero-order valence-corrected chi connectivity index (χ0v) is 12.6.